The lowest BCUT2D eigenvalue weighted by atomic mass is 10.1. The molecule has 2 unspecified atom stereocenters. The van der Waals surface area contributed by atoms with Crippen molar-refractivity contribution in [1.82, 2.24) is 5.32 Å². The molecule has 2 heterocycles. The molecule has 1 N–H and O–H groups in total. The standard InChI is InChI=1S/C12H17NO3S2/c1-9(7-11-3-2-5-17-11)13-12(14)10-4-6-18(15,16)8-10/h2-3,5,9-10H,4,6-8H2,1H3,(H,13,14). The number of carbonyl (C=O) groups is 1. The molecule has 1 amide bonds. The quantitative estimate of drug-likeness (QED) is 0.906. The van der Waals surface area contributed by atoms with E-state index in [1.807, 2.05) is 24.4 Å². The first-order valence-electron chi connectivity index (χ1n) is 5.99. The van der Waals surface area contributed by atoms with Crippen LogP contribution in [0, 0.1) is 5.92 Å². The Morgan fingerprint density at radius 3 is 2.94 bits per heavy atom. The third-order valence-electron chi connectivity index (χ3n) is 3.08. The van der Waals surface area contributed by atoms with Crippen LogP contribution in [0.3, 0.4) is 0 Å². The topological polar surface area (TPSA) is 63.2 Å². The molecule has 1 aliphatic rings. The van der Waals surface area contributed by atoms with Crippen LogP contribution in [0.2, 0.25) is 0 Å². The molecule has 4 nitrogen and oxygen atoms in total. The van der Waals surface area contributed by atoms with Crippen LogP contribution in [0.15, 0.2) is 17.5 Å². The van der Waals surface area contributed by atoms with E-state index < -0.39 is 9.84 Å². The number of sulfone groups is 1. The number of nitrogens with one attached hydrogen (secondary N) is 1. The van der Waals surface area contributed by atoms with Gasteiger partial charge in [0, 0.05) is 17.3 Å². The van der Waals surface area contributed by atoms with E-state index in [-0.39, 0.29) is 29.4 Å². The van der Waals surface area contributed by atoms with Gasteiger partial charge < -0.3 is 5.32 Å². The maximum atomic E-state index is 11.9. The highest BCUT2D eigenvalue weighted by Gasteiger charge is 2.33. The van der Waals surface area contributed by atoms with Crippen molar-refractivity contribution in [2.24, 2.45) is 5.92 Å². The zero-order valence-electron chi connectivity index (χ0n) is 10.3. The van der Waals surface area contributed by atoms with Gasteiger partial charge in [0.2, 0.25) is 5.91 Å². The van der Waals surface area contributed by atoms with Crippen LogP contribution < -0.4 is 5.32 Å². The third-order valence-corrected chi connectivity index (χ3v) is 5.75. The zero-order valence-corrected chi connectivity index (χ0v) is 11.9. The van der Waals surface area contributed by atoms with Gasteiger partial charge in [-0.3, -0.25) is 4.79 Å². The predicted octanol–water partition coefficient (Wildman–Crippen LogP) is 1.23. The number of hydrogen-bond donors (Lipinski definition) is 1. The number of hydrogen-bond acceptors (Lipinski definition) is 4. The Bertz CT molecular complexity index is 507. The van der Waals surface area contributed by atoms with Crippen LogP contribution in [-0.2, 0) is 21.1 Å². The van der Waals surface area contributed by atoms with Crippen molar-refractivity contribution in [2.75, 3.05) is 11.5 Å². The van der Waals surface area contributed by atoms with Crippen LogP contribution in [0.1, 0.15) is 18.2 Å². The fourth-order valence-electron chi connectivity index (χ4n) is 2.14. The molecule has 18 heavy (non-hydrogen) atoms. The molecule has 0 radical (unpaired) electrons. The highest BCUT2D eigenvalue weighted by Crippen LogP contribution is 2.19. The summed E-state index contributed by atoms with van der Waals surface area (Å²) in [6, 6.07) is 4.06. The SMILES string of the molecule is CC(Cc1cccs1)NC(=O)C1CCS(=O)(=O)C1. The van der Waals surface area contributed by atoms with Crippen molar-refractivity contribution in [3.05, 3.63) is 22.4 Å². The number of amides is 1. The van der Waals surface area contributed by atoms with E-state index in [0.717, 1.165) is 6.42 Å². The molecule has 0 saturated carbocycles. The van der Waals surface area contributed by atoms with E-state index >= 15 is 0 Å². The number of carbonyl (C=O) groups excluding carboxylic acids is 1. The Hall–Kier alpha value is -0.880. The summed E-state index contributed by atoms with van der Waals surface area (Å²) < 4.78 is 22.6. The Morgan fingerprint density at radius 2 is 2.39 bits per heavy atom. The first-order chi connectivity index (χ1) is 8.46. The number of rotatable bonds is 4. The van der Waals surface area contributed by atoms with Crippen LogP contribution in [0.5, 0.6) is 0 Å². The fraction of sp³-hybridized carbons (Fsp3) is 0.583. The lowest BCUT2D eigenvalue weighted by molar-refractivity contribution is -0.124. The second kappa shape index (κ2) is 5.40. The summed E-state index contributed by atoms with van der Waals surface area (Å²) in [5, 5.41) is 4.91. The molecule has 1 fully saturated rings. The molecule has 6 heteroatoms. The first-order valence-corrected chi connectivity index (χ1v) is 8.69. The molecule has 1 aromatic rings. The Labute approximate surface area is 111 Å². The third kappa shape index (κ3) is 3.55. The summed E-state index contributed by atoms with van der Waals surface area (Å²) in [6.07, 6.45) is 1.25. The molecule has 0 spiro atoms. The highest BCUT2D eigenvalue weighted by atomic mass is 32.2. The number of thiophene rings is 1. The predicted molar refractivity (Wildman–Crippen MR) is 72.4 cm³/mol. The van der Waals surface area contributed by atoms with Crippen molar-refractivity contribution in [3.8, 4) is 0 Å². The van der Waals surface area contributed by atoms with Gasteiger partial charge in [-0.25, -0.2) is 8.42 Å². The largest absolute Gasteiger partial charge is 0.353 e. The smallest absolute Gasteiger partial charge is 0.224 e. The van der Waals surface area contributed by atoms with Gasteiger partial charge in [0.25, 0.3) is 0 Å². The van der Waals surface area contributed by atoms with Gasteiger partial charge in [0.15, 0.2) is 9.84 Å². The fourth-order valence-corrected chi connectivity index (χ4v) is 4.72. The average Bonchev–Trinajstić information content (AvgIpc) is 2.87. The molecule has 100 valence electrons. The van der Waals surface area contributed by atoms with Crippen molar-refractivity contribution in [2.45, 2.75) is 25.8 Å². The van der Waals surface area contributed by atoms with Crippen LogP contribution in [0.4, 0.5) is 0 Å². The van der Waals surface area contributed by atoms with E-state index in [1.165, 1.54) is 4.88 Å². The second-order valence-electron chi connectivity index (χ2n) is 4.79. The molecule has 0 bridgehead atoms. The van der Waals surface area contributed by atoms with Gasteiger partial charge in [-0.05, 0) is 24.8 Å². The molecule has 0 aliphatic carbocycles. The monoisotopic (exact) mass is 287 g/mol. The molecule has 1 aliphatic heterocycles. The lowest BCUT2D eigenvalue weighted by Gasteiger charge is -2.15. The van der Waals surface area contributed by atoms with E-state index in [2.05, 4.69) is 5.32 Å². The van der Waals surface area contributed by atoms with Gasteiger partial charge in [0.1, 0.15) is 0 Å². The van der Waals surface area contributed by atoms with Crippen molar-refractivity contribution in [1.29, 1.82) is 0 Å². The summed E-state index contributed by atoms with van der Waals surface area (Å²) >= 11 is 1.66. The zero-order chi connectivity index (χ0) is 13.2. The van der Waals surface area contributed by atoms with Gasteiger partial charge in [-0.2, -0.15) is 0 Å². The van der Waals surface area contributed by atoms with E-state index in [9.17, 15) is 13.2 Å². The molecule has 2 atom stereocenters. The van der Waals surface area contributed by atoms with Crippen molar-refractivity contribution < 1.29 is 13.2 Å². The molecular formula is C12H17NO3S2. The Balaban J connectivity index is 1.84. The summed E-state index contributed by atoms with van der Waals surface area (Å²) in [5.41, 5.74) is 0. The lowest BCUT2D eigenvalue weighted by Crippen LogP contribution is -2.38. The molecule has 1 saturated heterocycles. The van der Waals surface area contributed by atoms with Gasteiger partial charge in [-0.1, -0.05) is 6.07 Å². The van der Waals surface area contributed by atoms with Gasteiger partial charge >= 0.3 is 0 Å². The van der Waals surface area contributed by atoms with Gasteiger partial charge in [0.05, 0.1) is 17.4 Å². The van der Waals surface area contributed by atoms with Crippen LogP contribution in [-0.4, -0.2) is 31.9 Å². The van der Waals surface area contributed by atoms with Crippen molar-refractivity contribution >= 4 is 27.1 Å². The minimum atomic E-state index is -2.98. The minimum Gasteiger partial charge on any atom is -0.353 e. The average molecular weight is 287 g/mol. The maximum Gasteiger partial charge on any atom is 0.224 e. The van der Waals surface area contributed by atoms with E-state index in [4.69, 9.17) is 0 Å². The summed E-state index contributed by atoms with van der Waals surface area (Å²) in [7, 11) is -2.98. The van der Waals surface area contributed by atoms with Crippen LogP contribution in [0.25, 0.3) is 0 Å². The van der Waals surface area contributed by atoms with E-state index in [1.54, 1.807) is 11.3 Å². The summed E-state index contributed by atoms with van der Waals surface area (Å²) in [6.45, 7) is 1.95. The molecule has 0 aromatic carbocycles. The summed E-state index contributed by atoms with van der Waals surface area (Å²) in [4.78, 5) is 13.1. The molecule has 1 aromatic heterocycles. The van der Waals surface area contributed by atoms with Gasteiger partial charge in [-0.15, -0.1) is 11.3 Å². The highest BCUT2D eigenvalue weighted by molar-refractivity contribution is 7.91. The summed E-state index contributed by atoms with van der Waals surface area (Å²) in [5.74, 6) is -0.337. The molecule has 2 rings (SSSR count). The molecular weight excluding hydrogens is 270 g/mol. The van der Waals surface area contributed by atoms with E-state index in [0.29, 0.717) is 6.42 Å². The van der Waals surface area contributed by atoms with Crippen molar-refractivity contribution in [3.63, 3.8) is 0 Å². The Kier molecular flexibility index (Phi) is 4.07. The normalized spacial score (nSPS) is 23.7. The second-order valence-corrected chi connectivity index (χ2v) is 8.05. The van der Waals surface area contributed by atoms with Crippen LogP contribution >= 0.6 is 11.3 Å². The Morgan fingerprint density at radius 1 is 1.61 bits per heavy atom. The maximum absolute atomic E-state index is 11.9. The first kappa shape index (κ1) is 13.5. The minimum absolute atomic E-state index is 0.00452.